The molecule has 0 fully saturated rings. The van der Waals surface area contributed by atoms with Gasteiger partial charge in [0.15, 0.2) is 0 Å². The number of benzene rings is 2. The molecule has 0 aliphatic rings. The zero-order valence-electron chi connectivity index (χ0n) is 12.9. The molecule has 114 valence electrons. The number of hydrogen-bond acceptors (Lipinski definition) is 2. The molecule has 0 aromatic heterocycles. The maximum atomic E-state index is 12.0. The van der Waals surface area contributed by atoms with Crippen LogP contribution in [-0.4, -0.2) is 18.4 Å². The Hall–Kier alpha value is -2.62. The van der Waals surface area contributed by atoms with Gasteiger partial charge in [0.1, 0.15) is 0 Å². The third-order valence-corrected chi connectivity index (χ3v) is 3.41. The Labute approximate surface area is 130 Å². The van der Waals surface area contributed by atoms with Gasteiger partial charge in [-0.3, -0.25) is 9.59 Å². The molecule has 0 aliphatic carbocycles. The lowest BCUT2D eigenvalue weighted by molar-refractivity contribution is -0.117. The van der Waals surface area contributed by atoms with E-state index in [1.54, 1.807) is 4.90 Å². The van der Waals surface area contributed by atoms with Crippen LogP contribution in [0.25, 0.3) is 0 Å². The summed E-state index contributed by atoms with van der Waals surface area (Å²) in [6, 6.07) is 17.0. The van der Waals surface area contributed by atoms with Gasteiger partial charge < -0.3 is 10.2 Å². The molecular weight excluding hydrogens is 276 g/mol. The molecule has 0 unspecified atom stereocenters. The molecule has 2 aromatic rings. The Bertz CT molecular complexity index is 653. The number of anilines is 2. The van der Waals surface area contributed by atoms with E-state index in [9.17, 15) is 9.59 Å². The summed E-state index contributed by atoms with van der Waals surface area (Å²) in [6.45, 7) is 3.83. The van der Waals surface area contributed by atoms with Crippen LogP contribution >= 0.6 is 0 Å². The average Bonchev–Trinajstić information content (AvgIpc) is 2.50. The Balaban J connectivity index is 1.99. The Morgan fingerprint density at radius 2 is 1.64 bits per heavy atom. The summed E-state index contributed by atoms with van der Waals surface area (Å²) in [6.07, 6.45) is 0.253. The molecule has 0 atom stereocenters. The van der Waals surface area contributed by atoms with Crippen LogP contribution in [-0.2, 0) is 9.59 Å². The van der Waals surface area contributed by atoms with Gasteiger partial charge in [-0.05, 0) is 30.7 Å². The van der Waals surface area contributed by atoms with Crippen LogP contribution in [0.1, 0.15) is 18.9 Å². The first-order chi connectivity index (χ1) is 10.6. The van der Waals surface area contributed by atoms with Crippen LogP contribution in [0.5, 0.6) is 0 Å². The van der Waals surface area contributed by atoms with E-state index >= 15 is 0 Å². The summed E-state index contributed by atoms with van der Waals surface area (Å²) in [5, 5.41) is 2.83. The number of hydrogen-bond donors (Lipinski definition) is 1. The van der Waals surface area contributed by atoms with Gasteiger partial charge in [0, 0.05) is 31.3 Å². The fourth-order valence-electron chi connectivity index (χ4n) is 2.27. The summed E-state index contributed by atoms with van der Waals surface area (Å²) in [7, 11) is 0. The average molecular weight is 296 g/mol. The van der Waals surface area contributed by atoms with Gasteiger partial charge in [-0.2, -0.15) is 0 Å². The molecular formula is C18H20N2O2. The number of nitrogens with zero attached hydrogens (tertiary/aromatic N) is 1. The molecule has 4 nitrogen and oxygen atoms in total. The third-order valence-electron chi connectivity index (χ3n) is 3.41. The van der Waals surface area contributed by atoms with Crippen LogP contribution < -0.4 is 10.2 Å². The fraction of sp³-hybridized carbons (Fsp3) is 0.222. The highest BCUT2D eigenvalue weighted by Crippen LogP contribution is 2.20. The molecule has 22 heavy (non-hydrogen) atoms. The molecule has 2 rings (SSSR count). The number of carbonyl (C=O) groups excluding carboxylic acids is 2. The van der Waals surface area contributed by atoms with Crippen molar-refractivity contribution in [3.63, 3.8) is 0 Å². The first kappa shape index (κ1) is 15.8. The number of rotatable bonds is 5. The van der Waals surface area contributed by atoms with Crippen molar-refractivity contribution in [2.75, 3.05) is 16.8 Å². The molecule has 4 heteroatoms. The van der Waals surface area contributed by atoms with E-state index in [0.29, 0.717) is 6.54 Å². The van der Waals surface area contributed by atoms with Crippen LogP contribution in [0.2, 0.25) is 0 Å². The molecule has 0 aliphatic heterocycles. The molecule has 2 aromatic carbocycles. The van der Waals surface area contributed by atoms with Crippen molar-refractivity contribution in [1.29, 1.82) is 0 Å². The highest BCUT2D eigenvalue weighted by atomic mass is 16.2. The van der Waals surface area contributed by atoms with Gasteiger partial charge in [-0.1, -0.05) is 36.4 Å². The second-order valence-electron chi connectivity index (χ2n) is 5.12. The Morgan fingerprint density at radius 1 is 1.00 bits per heavy atom. The summed E-state index contributed by atoms with van der Waals surface area (Å²) >= 11 is 0. The first-order valence-electron chi connectivity index (χ1n) is 7.26. The predicted octanol–water partition coefficient (Wildman–Crippen LogP) is 3.38. The molecule has 0 saturated carbocycles. The van der Waals surface area contributed by atoms with Crippen LogP contribution in [0.15, 0.2) is 54.6 Å². The zero-order chi connectivity index (χ0) is 15.9. The maximum absolute atomic E-state index is 12.0. The maximum Gasteiger partial charge on any atom is 0.226 e. The summed E-state index contributed by atoms with van der Waals surface area (Å²) in [4.78, 5) is 25.5. The minimum Gasteiger partial charge on any atom is -0.326 e. The summed E-state index contributed by atoms with van der Waals surface area (Å²) in [5.74, 6) is -0.173. The SMILES string of the molecule is CC(=O)N(CCC(=O)Nc1ccccc1)c1ccccc1C. The van der Waals surface area contributed by atoms with E-state index in [0.717, 1.165) is 16.9 Å². The van der Waals surface area contributed by atoms with Crippen molar-refractivity contribution in [1.82, 2.24) is 0 Å². The van der Waals surface area contributed by atoms with E-state index in [2.05, 4.69) is 5.32 Å². The first-order valence-corrected chi connectivity index (χ1v) is 7.26. The van der Waals surface area contributed by atoms with Gasteiger partial charge in [0.25, 0.3) is 0 Å². The van der Waals surface area contributed by atoms with Gasteiger partial charge in [0.05, 0.1) is 0 Å². The van der Waals surface area contributed by atoms with Crippen LogP contribution in [0.3, 0.4) is 0 Å². The zero-order valence-corrected chi connectivity index (χ0v) is 12.9. The van der Waals surface area contributed by atoms with E-state index in [-0.39, 0.29) is 18.2 Å². The topological polar surface area (TPSA) is 49.4 Å². The predicted molar refractivity (Wildman–Crippen MR) is 88.9 cm³/mol. The van der Waals surface area contributed by atoms with Gasteiger partial charge in [-0.15, -0.1) is 0 Å². The number of para-hydroxylation sites is 2. The van der Waals surface area contributed by atoms with Gasteiger partial charge in [0.2, 0.25) is 11.8 Å². The Kier molecular flexibility index (Phi) is 5.31. The van der Waals surface area contributed by atoms with Crippen molar-refractivity contribution in [2.45, 2.75) is 20.3 Å². The van der Waals surface area contributed by atoms with Gasteiger partial charge in [-0.25, -0.2) is 0 Å². The molecule has 0 saturated heterocycles. The standard InChI is InChI=1S/C18H20N2O2/c1-14-8-6-7-11-17(14)20(15(2)21)13-12-18(22)19-16-9-4-3-5-10-16/h3-11H,12-13H2,1-2H3,(H,19,22). The second kappa shape index (κ2) is 7.41. The van der Waals surface area contributed by atoms with Crippen molar-refractivity contribution < 1.29 is 9.59 Å². The lowest BCUT2D eigenvalue weighted by Gasteiger charge is -2.22. The number of aryl methyl sites for hydroxylation is 1. The molecule has 0 heterocycles. The monoisotopic (exact) mass is 296 g/mol. The van der Waals surface area contributed by atoms with Crippen molar-refractivity contribution in [3.05, 3.63) is 60.2 Å². The molecule has 0 bridgehead atoms. The lowest BCUT2D eigenvalue weighted by atomic mass is 10.1. The third kappa shape index (κ3) is 4.19. The van der Waals surface area contributed by atoms with E-state index < -0.39 is 0 Å². The quantitative estimate of drug-likeness (QED) is 0.919. The molecule has 0 radical (unpaired) electrons. The van der Waals surface area contributed by atoms with Crippen LogP contribution in [0, 0.1) is 6.92 Å². The molecule has 1 N–H and O–H groups in total. The summed E-state index contributed by atoms with van der Waals surface area (Å²) in [5.41, 5.74) is 2.63. The fourth-order valence-corrected chi connectivity index (χ4v) is 2.27. The second-order valence-corrected chi connectivity index (χ2v) is 5.12. The normalized spacial score (nSPS) is 10.1. The highest BCUT2D eigenvalue weighted by molar-refractivity contribution is 5.95. The number of carbonyl (C=O) groups is 2. The van der Waals surface area contributed by atoms with E-state index in [1.165, 1.54) is 6.92 Å². The molecule has 0 spiro atoms. The van der Waals surface area contributed by atoms with Gasteiger partial charge >= 0.3 is 0 Å². The highest BCUT2D eigenvalue weighted by Gasteiger charge is 2.15. The van der Waals surface area contributed by atoms with Crippen LogP contribution in [0.4, 0.5) is 11.4 Å². The minimum absolute atomic E-state index is 0.0678. The van der Waals surface area contributed by atoms with E-state index in [4.69, 9.17) is 0 Å². The van der Waals surface area contributed by atoms with Crippen molar-refractivity contribution in [3.8, 4) is 0 Å². The van der Waals surface area contributed by atoms with Crippen molar-refractivity contribution >= 4 is 23.2 Å². The van der Waals surface area contributed by atoms with E-state index in [1.807, 2.05) is 61.5 Å². The Morgan fingerprint density at radius 3 is 2.27 bits per heavy atom. The number of amides is 2. The van der Waals surface area contributed by atoms with Crippen molar-refractivity contribution in [2.24, 2.45) is 0 Å². The largest absolute Gasteiger partial charge is 0.326 e. The molecule has 2 amide bonds. The lowest BCUT2D eigenvalue weighted by Crippen LogP contribution is -2.32. The smallest absolute Gasteiger partial charge is 0.226 e. The minimum atomic E-state index is -0.106. The summed E-state index contributed by atoms with van der Waals surface area (Å²) < 4.78 is 0. The number of nitrogens with one attached hydrogen (secondary N) is 1.